The first-order chi connectivity index (χ1) is 14.2. The number of hydrogen-bond donors (Lipinski definition) is 0. The number of carbonyl (C=O) groups excluding carboxylic acids is 2. The van der Waals surface area contributed by atoms with Gasteiger partial charge in [-0.15, -0.1) is 11.3 Å². The Labute approximate surface area is 172 Å². The average Bonchev–Trinajstić information content (AvgIpc) is 3.38. The summed E-state index contributed by atoms with van der Waals surface area (Å²) in [7, 11) is 0. The quantitative estimate of drug-likeness (QED) is 0.594. The molecule has 0 amide bonds. The van der Waals surface area contributed by atoms with E-state index in [1.165, 1.54) is 4.88 Å². The topological polar surface area (TPSA) is 65.5 Å². The predicted molar refractivity (Wildman–Crippen MR) is 112 cm³/mol. The third kappa shape index (κ3) is 3.34. The molecule has 0 saturated carbocycles. The van der Waals surface area contributed by atoms with E-state index in [1.54, 1.807) is 11.3 Å². The molecular weight excluding hydrogens is 386 g/mol. The molecule has 0 spiro atoms. The maximum atomic E-state index is 13.2. The van der Waals surface area contributed by atoms with E-state index in [9.17, 15) is 9.59 Å². The van der Waals surface area contributed by atoms with Crippen LogP contribution in [0.25, 0.3) is 22.6 Å². The van der Waals surface area contributed by atoms with Crippen molar-refractivity contribution >= 4 is 45.8 Å². The fourth-order valence-corrected chi connectivity index (χ4v) is 4.71. The van der Waals surface area contributed by atoms with E-state index < -0.39 is 18.0 Å². The van der Waals surface area contributed by atoms with Gasteiger partial charge in [-0.2, -0.15) is 0 Å². The lowest BCUT2D eigenvalue weighted by molar-refractivity contribution is -0.145. The Morgan fingerprint density at radius 2 is 2.10 bits per heavy atom. The van der Waals surface area contributed by atoms with Gasteiger partial charge in [0, 0.05) is 16.7 Å². The number of para-hydroxylation sites is 1. The van der Waals surface area contributed by atoms with Crippen LogP contribution >= 0.6 is 11.3 Å². The second-order valence-corrected chi connectivity index (χ2v) is 8.20. The molecule has 0 radical (unpaired) electrons. The lowest BCUT2D eigenvalue weighted by Gasteiger charge is -2.22. The monoisotopic (exact) mass is 405 g/mol. The summed E-state index contributed by atoms with van der Waals surface area (Å²) >= 11 is 1.68. The number of ether oxygens (including phenoxy) is 2. The molecule has 3 heterocycles. The molecule has 6 heteroatoms. The van der Waals surface area contributed by atoms with Crippen LogP contribution in [0.15, 0.2) is 41.8 Å². The largest absolute Gasteiger partial charge is 0.463 e. The van der Waals surface area contributed by atoms with Crippen LogP contribution in [0.3, 0.4) is 0 Å². The van der Waals surface area contributed by atoms with Gasteiger partial charge in [0.15, 0.2) is 0 Å². The number of thiophene rings is 1. The molecule has 1 fully saturated rings. The first-order valence-corrected chi connectivity index (χ1v) is 10.6. The number of esters is 2. The molecule has 5 nitrogen and oxygen atoms in total. The number of nitrogens with zero attached hydrogens (tertiary/aromatic N) is 1. The van der Waals surface area contributed by atoms with Crippen LogP contribution in [0.1, 0.15) is 45.8 Å². The zero-order valence-electron chi connectivity index (χ0n) is 15.7. The number of cyclic esters (lactones) is 1. The molecule has 1 atom stereocenters. The van der Waals surface area contributed by atoms with E-state index in [2.05, 4.69) is 12.1 Å². The molecule has 0 N–H and O–H groups in total. The fourth-order valence-electron chi connectivity index (χ4n) is 4.03. The van der Waals surface area contributed by atoms with Crippen molar-refractivity contribution in [2.45, 2.75) is 31.8 Å². The Balaban J connectivity index is 1.65. The van der Waals surface area contributed by atoms with Gasteiger partial charge in [0.25, 0.3) is 0 Å². The molecule has 146 valence electrons. The summed E-state index contributed by atoms with van der Waals surface area (Å²) in [6.07, 6.45) is 4.35. The average molecular weight is 405 g/mol. The van der Waals surface area contributed by atoms with Gasteiger partial charge in [0.2, 0.25) is 6.10 Å². The van der Waals surface area contributed by atoms with Crippen molar-refractivity contribution in [3.8, 4) is 0 Å². The highest BCUT2D eigenvalue weighted by Gasteiger charge is 2.33. The first kappa shape index (κ1) is 18.1. The van der Waals surface area contributed by atoms with Crippen molar-refractivity contribution < 1.29 is 19.1 Å². The molecule has 3 aromatic rings. The molecule has 29 heavy (non-hydrogen) atoms. The Morgan fingerprint density at radius 1 is 1.21 bits per heavy atom. The summed E-state index contributed by atoms with van der Waals surface area (Å²) < 4.78 is 10.5. The number of aromatic nitrogens is 1. The third-order valence-corrected chi connectivity index (χ3v) is 6.19. The minimum absolute atomic E-state index is 0.291. The lowest BCUT2D eigenvalue weighted by Crippen LogP contribution is -2.24. The standard InChI is InChI=1S/C23H19NO4S/c25-22-19(10-11-27-22)28-23(26)20-16-7-1-2-9-18(16)24-21-14(5-3-8-17(20)21)13-15-6-4-12-29-15/h1-2,4,6-7,9,12-13,19H,3,5,8,10-11H2/b14-13+/t19-/m0/s1. The first-order valence-electron chi connectivity index (χ1n) is 9.74. The van der Waals surface area contributed by atoms with E-state index in [-0.39, 0.29) is 0 Å². The molecule has 5 rings (SSSR count). The van der Waals surface area contributed by atoms with Crippen molar-refractivity contribution in [1.82, 2.24) is 4.98 Å². The Hall–Kier alpha value is -2.99. The summed E-state index contributed by atoms with van der Waals surface area (Å²) in [5.41, 5.74) is 4.19. The van der Waals surface area contributed by atoms with Crippen molar-refractivity contribution in [2.24, 2.45) is 0 Å². The van der Waals surface area contributed by atoms with E-state index in [1.807, 2.05) is 35.7 Å². The number of fused-ring (bicyclic) bond motifs is 2. The number of hydrogen-bond acceptors (Lipinski definition) is 6. The van der Waals surface area contributed by atoms with Crippen molar-refractivity contribution in [3.63, 3.8) is 0 Å². The van der Waals surface area contributed by atoms with E-state index in [0.717, 1.165) is 47.0 Å². The van der Waals surface area contributed by atoms with Crippen LogP contribution in [0.4, 0.5) is 0 Å². The van der Waals surface area contributed by atoms with Crippen LogP contribution < -0.4 is 0 Å². The number of carbonyl (C=O) groups is 2. The van der Waals surface area contributed by atoms with Crippen LogP contribution in [0, 0.1) is 0 Å². The number of rotatable bonds is 3. The van der Waals surface area contributed by atoms with E-state index in [0.29, 0.717) is 18.6 Å². The molecular formula is C23H19NO4S. The van der Waals surface area contributed by atoms with Crippen LogP contribution in [-0.2, 0) is 20.7 Å². The van der Waals surface area contributed by atoms with Gasteiger partial charge < -0.3 is 9.47 Å². The second kappa shape index (κ2) is 7.44. The van der Waals surface area contributed by atoms with Crippen LogP contribution in [-0.4, -0.2) is 29.6 Å². The van der Waals surface area contributed by atoms with Crippen LogP contribution in [0.5, 0.6) is 0 Å². The van der Waals surface area contributed by atoms with Crippen molar-refractivity contribution in [1.29, 1.82) is 0 Å². The smallest absolute Gasteiger partial charge is 0.347 e. The van der Waals surface area contributed by atoms with Crippen LogP contribution in [0.2, 0.25) is 0 Å². The van der Waals surface area contributed by atoms with Crippen molar-refractivity contribution in [2.75, 3.05) is 6.61 Å². The zero-order chi connectivity index (χ0) is 19.8. The summed E-state index contributed by atoms with van der Waals surface area (Å²) in [6, 6.07) is 11.7. The van der Waals surface area contributed by atoms with Gasteiger partial charge in [-0.05, 0) is 54.0 Å². The van der Waals surface area contributed by atoms with Gasteiger partial charge in [-0.1, -0.05) is 24.3 Å². The maximum Gasteiger partial charge on any atom is 0.347 e. The SMILES string of the molecule is O=C(O[C@H]1CCOC1=O)c1c2c(nc3ccccc13)/C(=C/c1cccs1)CCC2. The Morgan fingerprint density at radius 3 is 2.90 bits per heavy atom. The molecule has 1 aliphatic carbocycles. The van der Waals surface area contributed by atoms with Gasteiger partial charge >= 0.3 is 11.9 Å². The summed E-state index contributed by atoms with van der Waals surface area (Å²) in [5.74, 6) is -0.940. The van der Waals surface area contributed by atoms with Gasteiger partial charge in [0.1, 0.15) is 0 Å². The zero-order valence-corrected chi connectivity index (χ0v) is 16.5. The minimum atomic E-state index is -0.824. The number of pyridine rings is 1. The minimum Gasteiger partial charge on any atom is -0.463 e. The molecule has 2 aliphatic rings. The normalized spacial score (nSPS) is 19.9. The maximum absolute atomic E-state index is 13.2. The van der Waals surface area contributed by atoms with Gasteiger partial charge in [-0.3, -0.25) is 0 Å². The highest BCUT2D eigenvalue weighted by Crippen LogP contribution is 2.37. The predicted octanol–water partition coefficient (Wildman–Crippen LogP) is 4.65. The van der Waals surface area contributed by atoms with Crippen molar-refractivity contribution in [3.05, 3.63) is 63.5 Å². The molecule has 1 saturated heterocycles. The summed E-state index contributed by atoms with van der Waals surface area (Å²) in [4.78, 5) is 31.1. The third-order valence-electron chi connectivity index (χ3n) is 5.37. The molecule has 1 aliphatic heterocycles. The van der Waals surface area contributed by atoms with Gasteiger partial charge in [0.05, 0.1) is 23.4 Å². The Kier molecular flexibility index (Phi) is 4.64. The summed E-state index contributed by atoms with van der Waals surface area (Å²) in [6.45, 7) is 0.291. The number of benzene rings is 1. The fraction of sp³-hybridized carbons (Fsp3) is 0.261. The molecule has 0 unspecified atom stereocenters. The molecule has 1 aromatic carbocycles. The highest BCUT2D eigenvalue weighted by atomic mass is 32.1. The second-order valence-electron chi connectivity index (χ2n) is 7.22. The molecule has 2 aromatic heterocycles. The molecule has 0 bridgehead atoms. The number of allylic oxidation sites excluding steroid dienone is 1. The van der Waals surface area contributed by atoms with Gasteiger partial charge in [-0.25, -0.2) is 14.6 Å². The lowest BCUT2D eigenvalue weighted by atomic mass is 9.86. The Bertz CT molecular complexity index is 1130. The van der Waals surface area contributed by atoms with E-state index in [4.69, 9.17) is 14.5 Å². The highest BCUT2D eigenvalue weighted by molar-refractivity contribution is 7.10. The summed E-state index contributed by atoms with van der Waals surface area (Å²) in [5, 5.41) is 2.81. The van der Waals surface area contributed by atoms with E-state index >= 15 is 0 Å².